The van der Waals surface area contributed by atoms with Gasteiger partial charge in [-0.3, -0.25) is 4.79 Å². The van der Waals surface area contributed by atoms with Gasteiger partial charge in [0.2, 0.25) is 11.7 Å². The van der Waals surface area contributed by atoms with Gasteiger partial charge in [0.05, 0.1) is 0 Å². The van der Waals surface area contributed by atoms with Gasteiger partial charge in [-0.2, -0.15) is 4.98 Å². The molecule has 1 heterocycles. The molecule has 4 rings (SSSR count). The third-order valence-corrected chi connectivity index (χ3v) is 4.92. The van der Waals surface area contributed by atoms with Crippen molar-refractivity contribution in [1.82, 2.24) is 15.5 Å². The zero-order valence-corrected chi connectivity index (χ0v) is 17.0. The third kappa shape index (κ3) is 4.63. The molecule has 1 unspecified atom stereocenters. The van der Waals surface area contributed by atoms with Crippen LogP contribution in [0.15, 0.2) is 83.4 Å². The minimum Gasteiger partial charge on any atom is -0.340 e. The Morgan fingerprint density at radius 1 is 0.933 bits per heavy atom. The van der Waals surface area contributed by atoms with Crippen LogP contribution >= 0.6 is 0 Å². The Hall–Kier alpha value is -3.73. The highest BCUT2D eigenvalue weighted by atomic mass is 16.5. The van der Waals surface area contributed by atoms with E-state index in [-0.39, 0.29) is 5.91 Å². The molecule has 0 radical (unpaired) electrons. The number of amides is 1. The SMILES string of the molecule is Cc1ccc(C(=O)NC(Cc2ccccc2)c2nc(-c3cccc(C)c3)no2)cc1. The van der Waals surface area contributed by atoms with Crippen molar-refractivity contribution in [2.45, 2.75) is 26.3 Å². The van der Waals surface area contributed by atoms with Crippen molar-refractivity contribution in [2.24, 2.45) is 0 Å². The molecule has 1 amide bonds. The number of hydrogen-bond acceptors (Lipinski definition) is 4. The molecular formula is C25H23N3O2. The molecule has 5 nitrogen and oxygen atoms in total. The summed E-state index contributed by atoms with van der Waals surface area (Å²) in [6, 6.07) is 24.9. The minimum atomic E-state index is -0.438. The van der Waals surface area contributed by atoms with Crippen LogP contribution in [0.3, 0.4) is 0 Å². The van der Waals surface area contributed by atoms with Crippen molar-refractivity contribution in [3.63, 3.8) is 0 Å². The van der Waals surface area contributed by atoms with Crippen LogP contribution in [0.4, 0.5) is 0 Å². The fourth-order valence-corrected chi connectivity index (χ4v) is 3.27. The molecule has 4 aromatic rings. The summed E-state index contributed by atoms with van der Waals surface area (Å²) in [6.45, 7) is 4.01. The van der Waals surface area contributed by atoms with Gasteiger partial charge in [0.1, 0.15) is 6.04 Å². The lowest BCUT2D eigenvalue weighted by molar-refractivity contribution is 0.0928. The number of benzene rings is 3. The molecule has 3 aromatic carbocycles. The van der Waals surface area contributed by atoms with E-state index in [1.165, 1.54) is 0 Å². The first-order valence-electron chi connectivity index (χ1n) is 9.90. The minimum absolute atomic E-state index is 0.175. The Morgan fingerprint density at radius 3 is 2.43 bits per heavy atom. The number of aromatic nitrogens is 2. The first-order valence-corrected chi connectivity index (χ1v) is 9.90. The lowest BCUT2D eigenvalue weighted by Gasteiger charge is -2.15. The van der Waals surface area contributed by atoms with Gasteiger partial charge in [-0.15, -0.1) is 0 Å². The normalized spacial score (nSPS) is 11.8. The summed E-state index contributed by atoms with van der Waals surface area (Å²) in [5.74, 6) is 0.721. The summed E-state index contributed by atoms with van der Waals surface area (Å²) in [5, 5.41) is 7.20. The van der Waals surface area contributed by atoms with Crippen molar-refractivity contribution in [3.8, 4) is 11.4 Å². The summed E-state index contributed by atoms with van der Waals surface area (Å²) in [6.07, 6.45) is 0.549. The lowest BCUT2D eigenvalue weighted by atomic mass is 10.0. The van der Waals surface area contributed by atoms with Crippen LogP contribution in [-0.2, 0) is 6.42 Å². The first-order chi connectivity index (χ1) is 14.6. The Balaban J connectivity index is 1.62. The first kappa shape index (κ1) is 19.6. The van der Waals surface area contributed by atoms with Crippen molar-refractivity contribution < 1.29 is 9.32 Å². The number of rotatable bonds is 6. The van der Waals surface area contributed by atoms with Gasteiger partial charge in [-0.05, 0) is 37.6 Å². The standard InChI is InChI=1S/C25H23N3O2/c1-17-11-13-20(14-12-17)24(29)26-22(16-19-8-4-3-5-9-19)25-27-23(28-30-25)21-10-6-7-18(2)15-21/h3-15,22H,16H2,1-2H3,(H,26,29). The maximum Gasteiger partial charge on any atom is 0.251 e. The average Bonchev–Trinajstić information content (AvgIpc) is 3.25. The molecule has 0 bridgehead atoms. The smallest absolute Gasteiger partial charge is 0.251 e. The number of nitrogens with zero attached hydrogens (tertiary/aromatic N) is 2. The highest BCUT2D eigenvalue weighted by Gasteiger charge is 2.23. The highest BCUT2D eigenvalue weighted by molar-refractivity contribution is 5.94. The van der Waals surface area contributed by atoms with Crippen LogP contribution in [-0.4, -0.2) is 16.0 Å². The van der Waals surface area contributed by atoms with E-state index in [0.29, 0.717) is 23.7 Å². The van der Waals surface area contributed by atoms with Crippen LogP contribution in [0.2, 0.25) is 0 Å². The van der Waals surface area contributed by atoms with Crippen molar-refractivity contribution in [2.75, 3.05) is 0 Å². The number of aryl methyl sites for hydroxylation is 2. The predicted molar refractivity (Wildman–Crippen MR) is 116 cm³/mol. The second-order valence-corrected chi connectivity index (χ2v) is 7.41. The van der Waals surface area contributed by atoms with Crippen molar-refractivity contribution >= 4 is 5.91 Å². The van der Waals surface area contributed by atoms with Crippen LogP contribution in [0, 0.1) is 13.8 Å². The summed E-state index contributed by atoms with van der Waals surface area (Å²) in [7, 11) is 0. The van der Waals surface area contributed by atoms with Crippen LogP contribution in [0.5, 0.6) is 0 Å². The van der Waals surface area contributed by atoms with E-state index in [1.54, 1.807) is 0 Å². The van der Waals surface area contributed by atoms with E-state index in [4.69, 9.17) is 4.52 Å². The van der Waals surface area contributed by atoms with Crippen LogP contribution in [0.25, 0.3) is 11.4 Å². The van der Waals surface area contributed by atoms with Gasteiger partial charge in [0.15, 0.2) is 0 Å². The van der Waals surface area contributed by atoms with E-state index in [0.717, 1.165) is 22.3 Å². The lowest BCUT2D eigenvalue weighted by Crippen LogP contribution is -2.30. The summed E-state index contributed by atoms with van der Waals surface area (Å²) >= 11 is 0. The molecule has 150 valence electrons. The van der Waals surface area contributed by atoms with Gasteiger partial charge < -0.3 is 9.84 Å². The van der Waals surface area contributed by atoms with Gasteiger partial charge in [-0.1, -0.05) is 76.9 Å². The maximum absolute atomic E-state index is 12.9. The van der Waals surface area contributed by atoms with E-state index in [2.05, 4.69) is 15.5 Å². The molecule has 0 aliphatic carbocycles. The molecule has 0 spiro atoms. The third-order valence-electron chi connectivity index (χ3n) is 4.92. The van der Waals surface area contributed by atoms with E-state index < -0.39 is 6.04 Å². The molecular weight excluding hydrogens is 374 g/mol. The van der Waals surface area contributed by atoms with Crippen molar-refractivity contribution in [1.29, 1.82) is 0 Å². The molecule has 0 saturated carbocycles. The zero-order valence-electron chi connectivity index (χ0n) is 17.0. The fraction of sp³-hybridized carbons (Fsp3) is 0.160. The van der Waals surface area contributed by atoms with Gasteiger partial charge in [-0.25, -0.2) is 0 Å². The number of hydrogen-bond donors (Lipinski definition) is 1. The molecule has 1 aromatic heterocycles. The van der Waals surface area contributed by atoms with Gasteiger partial charge >= 0.3 is 0 Å². The molecule has 0 aliphatic rings. The topological polar surface area (TPSA) is 68.0 Å². The molecule has 0 aliphatic heterocycles. The van der Waals surface area contributed by atoms with Gasteiger partial charge in [0.25, 0.3) is 5.91 Å². The molecule has 1 N–H and O–H groups in total. The number of nitrogens with one attached hydrogen (secondary N) is 1. The predicted octanol–water partition coefficient (Wildman–Crippen LogP) is 5.07. The van der Waals surface area contributed by atoms with Crippen molar-refractivity contribution in [3.05, 3.63) is 107 Å². The highest BCUT2D eigenvalue weighted by Crippen LogP contribution is 2.22. The number of carbonyl (C=O) groups is 1. The Bertz CT molecular complexity index is 1130. The van der Waals surface area contributed by atoms with E-state index in [1.807, 2.05) is 92.7 Å². The van der Waals surface area contributed by atoms with Crippen LogP contribution < -0.4 is 5.32 Å². The van der Waals surface area contributed by atoms with E-state index in [9.17, 15) is 4.79 Å². The van der Waals surface area contributed by atoms with E-state index >= 15 is 0 Å². The molecule has 1 atom stereocenters. The quantitative estimate of drug-likeness (QED) is 0.493. The molecule has 0 saturated heterocycles. The second kappa shape index (κ2) is 8.74. The summed E-state index contributed by atoms with van der Waals surface area (Å²) in [5.41, 5.74) is 4.77. The maximum atomic E-state index is 12.9. The fourth-order valence-electron chi connectivity index (χ4n) is 3.27. The molecule has 30 heavy (non-hydrogen) atoms. The Morgan fingerprint density at radius 2 is 1.70 bits per heavy atom. The largest absolute Gasteiger partial charge is 0.340 e. The average molecular weight is 397 g/mol. The molecule has 5 heteroatoms. The summed E-state index contributed by atoms with van der Waals surface area (Å²) in [4.78, 5) is 17.4. The Kier molecular flexibility index (Phi) is 5.70. The van der Waals surface area contributed by atoms with Gasteiger partial charge in [0, 0.05) is 17.5 Å². The zero-order chi connectivity index (χ0) is 20.9. The second-order valence-electron chi connectivity index (χ2n) is 7.41. The summed E-state index contributed by atoms with van der Waals surface area (Å²) < 4.78 is 5.57. The number of carbonyl (C=O) groups excluding carboxylic acids is 1. The Labute approximate surface area is 175 Å². The van der Waals surface area contributed by atoms with Crippen LogP contribution in [0.1, 0.15) is 39.0 Å². The molecule has 0 fully saturated rings. The monoisotopic (exact) mass is 397 g/mol.